The highest BCUT2D eigenvalue weighted by Crippen LogP contribution is 2.44. The van der Waals surface area contributed by atoms with E-state index < -0.39 is 43.8 Å². The Morgan fingerprint density at radius 3 is 2.04 bits per heavy atom. The number of fused-ring (bicyclic) bond motifs is 8. The lowest BCUT2D eigenvalue weighted by Gasteiger charge is -2.26. The highest BCUT2D eigenvalue weighted by Gasteiger charge is 2.41. The number of rotatable bonds is 24. The van der Waals surface area contributed by atoms with Crippen molar-refractivity contribution in [3.63, 3.8) is 0 Å². The molecule has 4 heterocycles. The minimum atomic E-state index is -4.54. The second kappa shape index (κ2) is 25.8. The van der Waals surface area contributed by atoms with Crippen LogP contribution in [0.5, 0.6) is 17.2 Å². The number of amides is 4. The fourth-order valence-electron chi connectivity index (χ4n) is 11.7. The van der Waals surface area contributed by atoms with Gasteiger partial charge in [-0.2, -0.15) is 8.42 Å². The van der Waals surface area contributed by atoms with E-state index in [1.165, 1.54) is 28.7 Å². The Morgan fingerprint density at radius 2 is 1.39 bits per heavy atom. The second-order valence-electron chi connectivity index (χ2n) is 23.3. The number of carbonyl (C=O) groups is 6. The van der Waals surface area contributed by atoms with E-state index in [0.717, 1.165) is 58.6 Å². The molecule has 5 aromatic carbocycles. The van der Waals surface area contributed by atoms with E-state index >= 15 is 0 Å². The number of para-hydroxylation sites is 2. The van der Waals surface area contributed by atoms with Crippen LogP contribution in [-0.2, 0) is 61.8 Å². The molecule has 0 saturated carbocycles. The molecule has 3 N–H and O–H groups in total. The van der Waals surface area contributed by atoms with Crippen LogP contribution in [0.1, 0.15) is 134 Å². The summed E-state index contributed by atoms with van der Waals surface area (Å²) in [6.45, 7) is 13.1. The minimum Gasteiger partial charge on any atom is -0.493 e. The van der Waals surface area contributed by atoms with Crippen molar-refractivity contribution in [1.29, 1.82) is 0 Å². The van der Waals surface area contributed by atoms with Crippen molar-refractivity contribution in [3.8, 4) is 17.2 Å². The monoisotopic (exact) mass is 1200 g/mol. The van der Waals surface area contributed by atoms with Gasteiger partial charge in [0.25, 0.3) is 21.9 Å². The van der Waals surface area contributed by atoms with Gasteiger partial charge < -0.3 is 39.5 Å². The highest BCUT2D eigenvalue weighted by atomic mass is 33.1. The average molecular weight is 1200 g/mol. The van der Waals surface area contributed by atoms with Crippen LogP contribution >= 0.6 is 21.6 Å². The molecule has 0 aliphatic carbocycles. The molecule has 0 radical (unpaired) electrons. The van der Waals surface area contributed by atoms with Crippen molar-refractivity contribution in [2.45, 2.75) is 153 Å². The number of benzene rings is 5. The van der Waals surface area contributed by atoms with Crippen molar-refractivity contribution in [2.75, 3.05) is 40.7 Å². The molecule has 17 nitrogen and oxygen atoms in total. The topological polar surface area (TPSA) is 218 Å². The third kappa shape index (κ3) is 13.9. The van der Waals surface area contributed by atoms with Crippen molar-refractivity contribution in [2.24, 2.45) is 5.92 Å². The molecule has 6 atom stereocenters. The summed E-state index contributed by atoms with van der Waals surface area (Å²) in [5.41, 5.74) is 9.58. The zero-order valence-corrected chi connectivity index (χ0v) is 51.6. The normalized spacial score (nSPS) is 17.7. The van der Waals surface area contributed by atoms with Crippen molar-refractivity contribution < 1.29 is 55.9 Å². The van der Waals surface area contributed by atoms with Gasteiger partial charge in [0.05, 0.1) is 30.4 Å². The SMILES string of the molecule is CCC(=O)C(CC(C)SSC(C)(C)CCC(=O)N[C@@H](C)C(=O)C[C@H](C)C(=O)Nc1cc(COc2cc3c(cc2C)C(=O)N2c4ccccc4C[C@H]2CN3C)cc(COc2cc3c(cc2OC)C(=O)N2c4ccccc4C[C@H]2CC3)c1)S(=O)(=O)O. The first-order chi connectivity index (χ1) is 39.9. The van der Waals surface area contributed by atoms with Gasteiger partial charge in [-0.25, -0.2) is 0 Å². The number of anilines is 4. The number of likely N-dealkylation sites (N-methyl/N-ethyl adjacent to an activating group) is 1. The van der Waals surface area contributed by atoms with E-state index in [4.69, 9.17) is 14.2 Å². The molecule has 0 aromatic heterocycles. The fraction of sp³-hybridized carbons (Fsp3) is 0.438. The van der Waals surface area contributed by atoms with E-state index in [1.54, 1.807) is 45.9 Å². The number of nitrogens with zero attached hydrogens (tertiary/aromatic N) is 3. The molecule has 2 unspecified atom stereocenters. The van der Waals surface area contributed by atoms with Gasteiger partial charge in [0, 0.05) is 83.5 Å². The molecule has 0 spiro atoms. The van der Waals surface area contributed by atoms with Crippen LogP contribution in [-0.4, -0.2) is 102 Å². The number of aryl methyl sites for hydroxylation is 2. The summed E-state index contributed by atoms with van der Waals surface area (Å²) in [6, 6.07) is 28.2. The lowest BCUT2D eigenvalue weighted by molar-refractivity contribution is -0.129. The van der Waals surface area contributed by atoms with Gasteiger partial charge in [0.1, 0.15) is 24.2 Å². The Labute approximate surface area is 500 Å². The van der Waals surface area contributed by atoms with Gasteiger partial charge in [-0.1, -0.05) is 78.8 Å². The van der Waals surface area contributed by atoms with Gasteiger partial charge in [0.15, 0.2) is 23.1 Å². The van der Waals surface area contributed by atoms with Gasteiger partial charge in [-0.05, 0) is 148 Å². The standard InChI is InChI=1S/C64H75N5O12S3/c1-10-54(70)59(84(76,77)78)25-39(4)82-83-64(6,7)22-21-60(72)65-40(5)55(71)24-38(3)61(73)66-46-27-41(35-80-56-33-53-50(23-37(56)2)63(75)69-48(34-67(53)8)30-45-16-12-14-18-52(45)69)26-42(28-46)36-81-58-31-43-19-20-47-29-44-15-11-13-17-51(44)68(47)62(74)49(43)32-57(58)79-9/h11-18,23,26-28,31-33,38-40,47-48,59H,10,19-22,24-25,29-30,34-36H2,1-9H3,(H,65,72)(H,66,73)(H,76,77,78)/t38-,39?,40-,47+,48-,59?/m0/s1. The Kier molecular flexibility index (Phi) is 18.9. The molecule has 0 saturated heterocycles. The molecular weight excluding hydrogens is 1130 g/mol. The summed E-state index contributed by atoms with van der Waals surface area (Å²) in [5, 5.41) is 4.02. The molecule has 9 rings (SSSR count). The summed E-state index contributed by atoms with van der Waals surface area (Å²) < 4.78 is 51.9. The molecule has 0 fully saturated rings. The smallest absolute Gasteiger partial charge is 0.275 e. The predicted octanol–water partition coefficient (Wildman–Crippen LogP) is 10.7. The molecule has 20 heteroatoms. The van der Waals surface area contributed by atoms with Crippen LogP contribution < -0.4 is 39.5 Å². The van der Waals surface area contributed by atoms with Crippen LogP contribution in [0.4, 0.5) is 22.7 Å². The first-order valence-electron chi connectivity index (χ1n) is 28.7. The van der Waals surface area contributed by atoms with E-state index in [1.807, 2.05) is 98.3 Å². The maximum atomic E-state index is 14.3. The molecule has 5 aromatic rings. The lowest BCUT2D eigenvalue weighted by atomic mass is 9.99. The average Bonchev–Trinajstić information content (AvgIpc) is 1.83. The Bertz CT molecular complexity index is 3500. The third-order valence-electron chi connectivity index (χ3n) is 16.3. The van der Waals surface area contributed by atoms with Gasteiger partial charge in [-0.15, -0.1) is 0 Å². The summed E-state index contributed by atoms with van der Waals surface area (Å²) in [6.07, 6.45) is 3.32. The fourth-order valence-corrected chi connectivity index (χ4v) is 15.4. The second-order valence-corrected chi connectivity index (χ2v) is 28.3. The van der Waals surface area contributed by atoms with Crippen molar-refractivity contribution >= 4 is 89.7 Å². The molecular formula is C64H75N5O12S3. The van der Waals surface area contributed by atoms with Crippen molar-refractivity contribution in [3.05, 3.63) is 136 Å². The van der Waals surface area contributed by atoms with Crippen molar-refractivity contribution in [1.82, 2.24) is 5.32 Å². The van der Waals surface area contributed by atoms with Gasteiger partial charge in [0.2, 0.25) is 11.8 Å². The van der Waals surface area contributed by atoms with Gasteiger partial charge in [-0.3, -0.25) is 33.3 Å². The number of Topliss-reactive ketones (excluding diaryl/α,β-unsaturated/α-hetero) is 2. The maximum Gasteiger partial charge on any atom is 0.275 e. The molecule has 4 amide bonds. The number of ketones is 2. The minimum absolute atomic E-state index is 0.0117. The Morgan fingerprint density at radius 1 is 0.774 bits per heavy atom. The number of carbonyl (C=O) groups excluding carboxylic acids is 6. The Hall–Kier alpha value is -6.87. The van der Waals surface area contributed by atoms with E-state index in [0.29, 0.717) is 64.6 Å². The van der Waals surface area contributed by atoms with Crippen LogP contribution in [0.25, 0.3) is 0 Å². The highest BCUT2D eigenvalue weighted by molar-refractivity contribution is 8.77. The molecule has 0 bridgehead atoms. The predicted molar refractivity (Wildman–Crippen MR) is 331 cm³/mol. The first-order valence-corrected chi connectivity index (χ1v) is 32.4. The van der Waals surface area contributed by atoms with Crippen LogP contribution in [0.2, 0.25) is 0 Å². The van der Waals surface area contributed by atoms with E-state index in [-0.39, 0.29) is 79.7 Å². The molecule has 4 aliphatic heterocycles. The largest absolute Gasteiger partial charge is 0.493 e. The van der Waals surface area contributed by atoms with Crippen LogP contribution in [0, 0.1) is 12.8 Å². The molecule has 84 heavy (non-hydrogen) atoms. The maximum absolute atomic E-state index is 14.3. The molecule has 446 valence electrons. The number of hydrogen-bond donors (Lipinski definition) is 3. The van der Waals surface area contributed by atoms with Crippen LogP contribution in [0.15, 0.2) is 91.0 Å². The first kappa shape index (κ1) is 61.7. The Balaban J connectivity index is 0.874. The summed E-state index contributed by atoms with van der Waals surface area (Å²) in [5.74, 6) is -1.11. The van der Waals surface area contributed by atoms with Crippen LogP contribution in [0.3, 0.4) is 0 Å². The third-order valence-corrected chi connectivity index (χ3v) is 21.4. The lowest BCUT2D eigenvalue weighted by Crippen LogP contribution is -2.41. The van der Waals surface area contributed by atoms with E-state index in [2.05, 4.69) is 27.7 Å². The number of ether oxygens (including phenoxy) is 3. The summed E-state index contributed by atoms with van der Waals surface area (Å²) in [4.78, 5) is 87.4. The zero-order valence-electron chi connectivity index (χ0n) is 49.1. The van der Waals surface area contributed by atoms with E-state index in [9.17, 15) is 41.7 Å². The number of methoxy groups -OCH3 is 1. The zero-order chi connectivity index (χ0) is 60.4. The quantitative estimate of drug-likeness (QED) is 0.0387. The summed E-state index contributed by atoms with van der Waals surface area (Å²) in [7, 11) is 1.82. The number of hydrogen-bond acceptors (Lipinski definition) is 14. The number of nitrogens with one attached hydrogen (secondary N) is 2. The molecule has 4 aliphatic rings. The summed E-state index contributed by atoms with van der Waals surface area (Å²) >= 11 is 0. The van der Waals surface area contributed by atoms with Gasteiger partial charge >= 0.3 is 0 Å².